The van der Waals surface area contributed by atoms with Gasteiger partial charge in [0.15, 0.2) is 11.5 Å². The first kappa shape index (κ1) is 23.1. The zero-order chi connectivity index (χ0) is 23.9. The van der Waals surface area contributed by atoms with Crippen molar-refractivity contribution in [3.05, 3.63) is 39.7 Å². The van der Waals surface area contributed by atoms with Crippen molar-refractivity contribution in [2.45, 2.75) is 44.8 Å². The van der Waals surface area contributed by atoms with E-state index in [1.807, 2.05) is 19.1 Å². The number of ether oxygens (including phenoxy) is 5. The number of pyridine rings is 1. The number of hydrogen-bond donors (Lipinski definition) is 0. The van der Waals surface area contributed by atoms with E-state index in [0.717, 1.165) is 22.4 Å². The molecule has 3 heterocycles. The largest absolute Gasteiger partial charge is 0.493 e. The maximum atomic E-state index is 13.2. The summed E-state index contributed by atoms with van der Waals surface area (Å²) in [6.07, 6.45) is 0.194. The van der Waals surface area contributed by atoms with Gasteiger partial charge in [-0.05, 0) is 31.0 Å². The molecule has 0 bridgehead atoms. The predicted octanol–water partition coefficient (Wildman–Crippen LogP) is 3.61. The zero-order valence-corrected chi connectivity index (χ0v) is 19.4. The van der Waals surface area contributed by atoms with Crippen molar-refractivity contribution in [1.29, 1.82) is 0 Å². The highest BCUT2D eigenvalue weighted by Gasteiger charge is 2.45. The summed E-state index contributed by atoms with van der Waals surface area (Å²) in [5.41, 5.74) is 3.39. The summed E-state index contributed by atoms with van der Waals surface area (Å²) < 4.78 is 56.6. The van der Waals surface area contributed by atoms with E-state index >= 15 is 0 Å². The normalized spacial score (nSPS) is 21.2. The molecule has 0 amide bonds. The van der Waals surface area contributed by atoms with Crippen molar-refractivity contribution in [2.24, 2.45) is 5.92 Å². The number of benzene rings is 1. The molecule has 0 spiro atoms. The molecule has 1 aromatic carbocycles. The van der Waals surface area contributed by atoms with Gasteiger partial charge in [0.1, 0.15) is 18.5 Å². The molecule has 184 valence electrons. The number of halogens is 2. The lowest BCUT2D eigenvalue weighted by Gasteiger charge is -2.34. The Morgan fingerprint density at radius 1 is 1.09 bits per heavy atom. The first-order valence-electron chi connectivity index (χ1n) is 11.6. The first-order chi connectivity index (χ1) is 16.3. The Balaban J connectivity index is 1.41. The summed E-state index contributed by atoms with van der Waals surface area (Å²) in [5.74, 6) is -1.17. The van der Waals surface area contributed by atoms with Crippen LogP contribution in [0.5, 0.6) is 17.2 Å². The molecule has 5 rings (SSSR count). The standard InChI is InChI=1S/C25H29F2NO6/c1-15-20(34-14-18-13-31-5-6-32-18)9-23(29)28-4-3-17-7-22(21(30-2)8-19(17)24(15)28)33-12-16-10-25(26,27)11-16/h7-9,16,18H,3-6,10-14H2,1-2H3. The van der Waals surface area contributed by atoms with E-state index in [1.165, 1.54) is 6.07 Å². The van der Waals surface area contributed by atoms with Crippen LogP contribution < -0.4 is 19.8 Å². The summed E-state index contributed by atoms with van der Waals surface area (Å²) in [6.45, 7) is 4.56. The molecule has 2 aromatic rings. The maximum Gasteiger partial charge on any atom is 0.254 e. The Morgan fingerprint density at radius 2 is 1.88 bits per heavy atom. The molecule has 1 saturated carbocycles. The molecule has 2 aliphatic heterocycles. The topological polar surface area (TPSA) is 68.2 Å². The predicted molar refractivity (Wildman–Crippen MR) is 120 cm³/mol. The number of fused-ring (bicyclic) bond motifs is 3. The van der Waals surface area contributed by atoms with Gasteiger partial charge >= 0.3 is 0 Å². The van der Waals surface area contributed by atoms with E-state index in [9.17, 15) is 13.6 Å². The summed E-state index contributed by atoms with van der Waals surface area (Å²) in [6, 6.07) is 5.29. The summed E-state index contributed by atoms with van der Waals surface area (Å²) >= 11 is 0. The zero-order valence-electron chi connectivity index (χ0n) is 19.4. The summed E-state index contributed by atoms with van der Waals surface area (Å²) in [5, 5.41) is 0. The van der Waals surface area contributed by atoms with Crippen molar-refractivity contribution in [3.8, 4) is 28.5 Å². The fraction of sp³-hybridized carbons (Fsp3) is 0.560. The van der Waals surface area contributed by atoms with Crippen LogP contribution in [0.15, 0.2) is 23.0 Å². The molecule has 1 atom stereocenters. The molecule has 9 heteroatoms. The van der Waals surface area contributed by atoms with Gasteiger partial charge < -0.3 is 28.3 Å². The second-order valence-corrected chi connectivity index (χ2v) is 9.20. The minimum absolute atomic E-state index is 0.132. The number of hydrogen-bond acceptors (Lipinski definition) is 6. The minimum atomic E-state index is -2.57. The van der Waals surface area contributed by atoms with Crippen LogP contribution in [0.2, 0.25) is 0 Å². The van der Waals surface area contributed by atoms with Crippen LogP contribution in [-0.2, 0) is 22.4 Å². The number of rotatable bonds is 7. The van der Waals surface area contributed by atoms with Crippen LogP contribution in [0.3, 0.4) is 0 Å². The van der Waals surface area contributed by atoms with Gasteiger partial charge in [-0.15, -0.1) is 0 Å². The van der Waals surface area contributed by atoms with Gasteiger partial charge in [-0.3, -0.25) is 4.79 Å². The van der Waals surface area contributed by atoms with Gasteiger partial charge in [0.25, 0.3) is 5.56 Å². The fourth-order valence-corrected chi connectivity index (χ4v) is 4.91. The third-order valence-electron chi connectivity index (χ3n) is 6.72. The van der Waals surface area contributed by atoms with Crippen LogP contribution in [-0.4, -0.2) is 56.7 Å². The third kappa shape index (κ3) is 4.51. The molecule has 1 unspecified atom stereocenters. The van der Waals surface area contributed by atoms with Crippen LogP contribution in [0.4, 0.5) is 8.78 Å². The van der Waals surface area contributed by atoms with Crippen LogP contribution in [0, 0.1) is 12.8 Å². The van der Waals surface area contributed by atoms with Gasteiger partial charge in [0, 0.05) is 42.5 Å². The molecule has 0 radical (unpaired) electrons. The number of aryl methyl sites for hydroxylation is 1. The van der Waals surface area contributed by atoms with Crippen molar-refractivity contribution in [3.63, 3.8) is 0 Å². The maximum absolute atomic E-state index is 13.2. The van der Waals surface area contributed by atoms with Crippen molar-refractivity contribution in [1.82, 2.24) is 4.57 Å². The first-order valence-corrected chi connectivity index (χ1v) is 11.6. The van der Waals surface area contributed by atoms with E-state index in [0.29, 0.717) is 56.6 Å². The Hall–Kier alpha value is -2.65. The second kappa shape index (κ2) is 9.19. The second-order valence-electron chi connectivity index (χ2n) is 9.20. The number of alkyl halides is 2. The number of methoxy groups -OCH3 is 1. The molecule has 1 saturated heterocycles. The highest BCUT2D eigenvalue weighted by Crippen LogP contribution is 2.44. The van der Waals surface area contributed by atoms with Gasteiger partial charge in [-0.1, -0.05) is 0 Å². The molecule has 1 aliphatic carbocycles. The molecule has 7 nitrogen and oxygen atoms in total. The van der Waals surface area contributed by atoms with Gasteiger partial charge in [-0.2, -0.15) is 0 Å². The highest BCUT2D eigenvalue weighted by atomic mass is 19.3. The van der Waals surface area contributed by atoms with Crippen LogP contribution >= 0.6 is 0 Å². The molecule has 2 fully saturated rings. The van der Waals surface area contributed by atoms with E-state index in [2.05, 4.69) is 0 Å². The molecule has 3 aliphatic rings. The van der Waals surface area contributed by atoms with Gasteiger partial charge in [0.05, 0.1) is 39.2 Å². The summed E-state index contributed by atoms with van der Waals surface area (Å²) in [4.78, 5) is 12.9. The van der Waals surface area contributed by atoms with E-state index < -0.39 is 5.92 Å². The number of aromatic nitrogens is 1. The monoisotopic (exact) mass is 477 g/mol. The Bertz CT molecular complexity index is 1120. The lowest BCUT2D eigenvalue weighted by Crippen LogP contribution is -2.38. The lowest BCUT2D eigenvalue weighted by atomic mass is 9.82. The Morgan fingerprint density at radius 3 is 2.59 bits per heavy atom. The van der Waals surface area contributed by atoms with Crippen molar-refractivity contribution in [2.75, 3.05) is 40.1 Å². The Kier molecular flexibility index (Phi) is 6.24. The molecule has 34 heavy (non-hydrogen) atoms. The highest BCUT2D eigenvalue weighted by molar-refractivity contribution is 5.74. The van der Waals surface area contributed by atoms with Gasteiger partial charge in [0.2, 0.25) is 5.92 Å². The molecule has 1 aromatic heterocycles. The lowest BCUT2D eigenvalue weighted by molar-refractivity contribution is -0.119. The third-order valence-corrected chi connectivity index (χ3v) is 6.72. The van der Waals surface area contributed by atoms with Gasteiger partial charge in [-0.25, -0.2) is 8.78 Å². The van der Waals surface area contributed by atoms with Crippen molar-refractivity contribution >= 4 is 0 Å². The molecular formula is C25H29F2NO6. The Labute approximate surface area is 196 Å². The molecular weight excluding hydrogens is 448 g/mol. The average molecular weight is 478 g/mol. The quantitative estimate of drug-likeness (QED) is 0.607. The SMILES string of the molecule is COc1cc2c(cc1OCC1CC(F)(F)C1)CCn1c-2c(C)c(OCC2COCCO2)cc1=O. The van der Waals surface area contributed by atoms with E-state index in [-0.39, 0.29) is 37.0 Å². The minimum Gasteiger partial charge on any atom is -0.493 e. The van der Waals surface area contributed by atoms with Crippen LogP contribution in [0.1, 0.15) is 24.0 Å². The summed E-state index contributed by atoms with van der Waals surface area (Å²) in [7, 11) is 1.54. The van der Waals surface area contributed by atoms with E-state index in [4.69, 9.17) is 23.7 Å². The smallest absolute Gasteiger partial charge is 0.254 e. The average Bonchev–Trinajstić information content (AvgIpc) is 2.82. The number of nitrogens with zero attached hydrogens (tertiary/aromatic N) is 1. The van der Waals surface area contributed by atoms with Crippen LogP contribution in [0.25, 0.3) is 11.3 Å². The van der Waals surface area contributed by atoms with E-state index in [1.54, 1.807) is 11.7 Å². The van der Waals surface area contributed by atoms with Crippen molar-refractivity contribution < 1.29 is 32.5 Å². The molecule has 0 N–H and O–H groups in total. The fourth-order valence-electron chi connectivity index (χ4n) is 4.91.